The van der Waals surface area contributed by atoms with Gasteiger partial charge in [-0.05, 0) is 24.7 Å². The lowest BCUT2D eigenvalue weighted by Crippen LogP contribution is -2.43. The average molecular weight is 314 g/mol. The van der Waals surface area contributed by atoms with Crippen molar-refractivity contribution >= 4 is 16.2 Å². The number of hydrogen-bond acceptors (Lipinski definition) is 3. The third-order valence-corrected chi connectivity index (χ3v) is 6.29. The Kier molecular flexibility index (Phi) is 4.85. The molecule has 2 aliphatic rings. The predicted molar refractivity (Wildman–Crippen MR) is 79.8 cm³/mol. The first kappa shape index (κ1) is 16.2. The van der Waals surface area contributed by atoms with Crippen LogP contribution in [0.25, 0.3) is 0 Å². The quantitative estimate of drug-likeness (QED) is 0.710. The van der Waals surface area contributed by atoms with Gasteiger partial charge in [0.05, 0.1) is 5.92 Å². The fraction of sp³-hybridized carbons (Fsp3) is 0.643. The van der Waals surface area contributed by atoms with Crippen molar-refractivity contribution in [2.75, 3.05) is 26.2 Å². The second-order valence-corrected chi connectivity index (χ2v) is 7.67. The van der Waals surface area contributed by atoms with E-state index in [-0.39, 0.29) is 30.8 Å². The van der Waals surface area contributed by atoms with Gasteiger partial charge in [-0.1, -0.05) is 12.2 Å². The lowest BCUT2D eigenvalue weighted by molar-refractivity contribution is -0.141. The van der Waals surface area contributed by atoms with E-state index >= 15 is 0 Å². The second-order valence-electron chi connectivity index (χ2n) is 5.75. The zero-order chi connectivity index (χ0) is 15.6. The second kappa shape index (κ2) is 6.29. The largest absolute Gasteiger partial charge is 0.481 e. The van der Waals surface area contributed by atoms with E-state index in [1.807, 2.05) is 0 Å². The average Bonchev–Trinajstić information content (AvgIpc) is 2.96. The van der Waals surface area contributed by atoms with Gasteiger partial charge in [0, 0.05) is 26.2 Å². The Bertz CT molecular complexity index is 507. The first-order valence-corrected chi connectivity index (χ1v) is 8.49. The number of carboxylic acids is 1. The van der Waals surface area contributed by atoms with Gasteiger partial charge in [0.25, 0.3) is 10.2 Å². The molecule has 0 amide bonds. The van der Waals surface area contributed by atoms with Crippen LogP contribution in [0.5, 0.6) is 0 Å². The summed E-state index contributed by atoms with van der Waals surface area (Å²) in [5.41, 5.74) is 0. The number of carboxylic acid groups (broad SMARTS) is 1. The number of hydrogen-bond donors (Lipinski definition) is 1. The lowest BCUT2D eigenvalue weighted by atomic mass is 10.0. The lowest BCUT2D eigenvalue weighted by Gasteiger charge is -2.26. The maximum atomic E-state index is 12.6. The van der Waals surface area contributed by atoms with Gasteiger partial charge in [0.2, 0.25) is 0 Å². The Balaban J connectivity index is 2.06. The molecule has 1 aliphatic carbocycles. The maximum absolute atomic E-state index is 12.6. The molecule has 0 aromatic heterocycles. The van der Waals surface area contributed by atoms with Crippen LogP contribution in [0.2, 0.25) is 0 Å². The zero-order valence-electron chi connectivity index (χ0n) is 12.0. The fourth-order valence-electron chi connectivity index (χ4n) is 3.36. The summed E-state index contributed by atoms with van der Waals surface area (Å²) in [6.45, 7) is 8.50. The molecule has 7 heteroatoms. The van der Waals surface area contributed by atoms with Gasteiger partial charge in [-0.25, -0.2) is 0 Å². The normalized spacial score (nSPS) is 29.5. The molecule has 1 heterocycles. The van der Waals surface area contributed by atoms with Crippen LogP contribution in [0.4, 0.5) is 0 Å². The fourth-order valence-corrected chi connectivity index (χ4v) is 5.04. The number of aliphatic carboxylic acids is 1. The van der Waals surface area contributed by atoms with Crippen LogP contribution in [0.15, 0.2) is 25.3 Å². The summed E-state index contributed by atoms with van der Waals surface area (Å²) < 4.78 is 28.0. The van der Waals surface area contributed by atoms with Crippen LogP contribution < -0.4 is 0 Å². The van der Waals surface area contributed by atoms with E-state index in [0.29, 0.717) is 25.9 Å². The van der Waals surface area contributed by atoms with Gasteiger partial charge in [-0.15, -0.1) is 13.2 Å². The highest BCUT2D eigenvalue weighted by molar-refractivity contribution is 7.86. The van der Waals surface area contributed by atoms with Gasteiger partial charge in [0.15, 0.2) is 0 Å². The molecule has 21 heavy (non-hydrogen) atoms. The van der Waals surface area contributed by atoms with Gasteiger partial charge in [-0.2, -0.15) is 17.0 Å². The van der Waals surface area contributed by atoms with Gasteiger partial charge >= 0.3 is 5.97 Å². The summed E-state index contributed by atoms with van der Waals surface area (Å²) in [4.78, 5) is 11.0. The minimum atomic E-state index is -3.53. The molecule has 0 bridgehead atoms. The Morgan fingerprint density at radius 2 is 1.67 bits per heavy atom. The standard InChI is InChI=1S/C14H22N2O4S/c1-3-5-15(6-4-2)21(19,20)16-9-12-7-11(14(17)18)8-13(12)10-16/h3-4,11-13H,1-2,5-10H2,(H,17,18)/t11?,12-,13+. The molecule has 1 unspecified atom stereocenters. The van der Waals surface area contributed by atoms with Crippen molar-refractivity contribution < 1.29 is 18.3 Å². The van der Waals surface area contributed by atoms with Crippen LogP contribution in [0.3, 0.4) is 0 Å². The molecule has 6 nitrogen and oxygen atoms in total. The summed E-state index contributed by atoms with van der Waals surface area (Å²) in [7, 11) is -3.53. The third-order valence-electron chi connectivity index (χ3n) is 4.38. The van der Waals surface area contributed by atoms with Crippen molar-refractivity contribution in [3.05, 3.63) is 25.3 Å². The third kappa shape index (κ3) is 3.20. The van der Waals surface area contributed by atoms with E-state index < -0.39 is 16.2 Å². The van der Waals surface area contributed by atoms with Crippen LogP contribution in [-0.4, -0.2) is 54.3 Å². The molecule has 0 spiro atoms. The van der Waals surface area contributed by atoms with Gasteiger partial charge < -0.3 is 5.11 Å². The van der Waals surface area contributed by atoms with Crippen LogP contribution in [0.1, 0.15) is 12.8 Å². The van der Waals surface area contributed by atoms with Crippen molar-refractivity contribution in [1.29, 1.82) is 0 Å². The monoisotopic (exact) mass is 314 g/mol. The molecule has 0 aromatic carbocycles. The highest BCUT2D eigenvalue weighted by atomic mass is 32.2. The molecule has 2 rings (SSSR count). The van der Waals surface area contributed by atoms with Gasteiger partial charge in [-0.3, -0.25) is 4.79 Å². The molecule has 0 radical (unpaired) electrons. The molecule has 2 fully saturated rings. The SMILES string of the molecule is C=CCN(CC=C)S(=O)(=O)N1C[C@H]2CC(C(=O)O)C[C@H]2C1. The zero-order valence-corrected chi connectivity index (χ0v) is 12.8. The van der Waals surface area contributed by atoms with E-state index in [2.05, 4.69) is 13.2 Å². The molecule has 118 valence electrons. The van der Waals surface area contributed by atoms with Crippen molar-refractivity contribution in [2.24, 2.45) is 17.8 Å². The number of nitrogens with zero attached hydrogens (tertiary/aromatic N) is 2. The smallest absolute Gasteiger partial charge is 0.306 e. The number of rotatable bonds is 7. The van der Waals surface area contributed by atoms with E-state index in [4.69, 9.17) is 5.11 Å². The maximum Gasteiger partial charge on any atom is 0.306 e. The molecular formula is C14H22N2O4S. The van der Waals surface area contributed by atoms with Crippen molar-refractivity contribution in [3.8, 4) is 0 Å². The van der Waals surface area contributed by atoms with Crippen molar-refractivity contribution in [2.45, 2.75) is 12.8 Å². The van der Waals surface area contributed by atoms with Crippen LogP contribution in [-0.2, 0) is 15.0 Å². The van der Waals surface area contributed by atoms with Crippen LogP contribution >= 0.6 is 0 Å². The van der Waals surface area contributed by atoms with E-state index in [1.165, 1.54) is 8.61 Å². The molecule has 1 N–H and O–H groups in total. The van der Waals surface area contributed by atoms with Gasteiger partial charge in [0.1, 0.15) is 0 Å². The number of fused-ring (bicyclic) bond motifs is 1. The Morgan fingerprint density at radius 1 is 1.19 bits per heavy atom. The summed E-state index contributed by atoms with van der Waals surface area (Å²) in [5.74, 6) is -0.758. The molecular weight excluding hydrogens is 292 g/mol. The highest BCUT2D eigenvalue weighted by Gasteiger charge is 2.47. The minimum Gasteiger partial charge on any atom is -0.481 e. The Morgan fingerprint density at radius 3 is 2.05 bits per heavy atom. The Labute approximate surface area is 125 Å². The predicted octanol–water partition coefficient (Wildman–Crippen LogP) is 0.948. The first-order chi connectivity index (χ1) is 9.90. The molecule has 0 aromatic rings. The van der Waals surface area contributed by atoms with E-state index in [0.717, 1.165) is 0 Å². The van der Waals surface area contributed by atoms with E-state index in [9.17, 15) is 13.2 Å². The molecule has 1 saturated carbocycles. The summed E-state index contributed by atoms with van der Waals surface area (Å²) in [5, 5.41) is 9.06. The molecule has 1 saturated heterocycles. The summed E-state index contributed by atoms with van der Waals surface area (Å²) in [6, 6.07) is 0. The molecule has 3 atom stereocenters. The topological polar surface area (TPSA) is 77.9 Å². The highest BCUT2D eigenvalue weighted by Crippen LogP contribution is 2.42. The summed E-state index contributed by atoms with van der Waals surface area (Å²) >= 11 is 0. The van der Waals surface area contributed by atoms with Crippen molar-refractivity contribution in [1.82, 2.24) is 8.61 Å². The number of carbonyl (C=O) groups is 1. The van der Waals surface area contributed by atoms with Crippen LogP contribution in [0, 0.1) is 17.8 Å². The van der Waals surface area contributed by atoms with E-state index in [1.54, 1.807) is 12.2 Å². The first-order valence-electron chi connectivity index (χ1n) is 7.10. The summed E-state index contributed by atoms with van der Waals surface area (Å²) in [6.07, 6.45) is 4.26. The molecule has 1 aliphatic heterocycles. The minimum absolute atomic E-state index is 0.162. The Hall–Kier alpha value is -1.18. The van der Waals surface area contributed by atoms with Crippen molar-refractivity contribution in [3.63, 3.8) is 0 Å².